The number of nitrogens with one attached hydrogen (secondary N) is 4. The first-order chi connectivity index (χ1) is 20.9. The van der Waals surface area contributed by atoms with Gasteiger partial charge in [0.2, 0.25) is 0 Å². The highest BCUT2D eigenvalue weighted by Gasteiger charge is 2.44. The zero-order valence-corrected chi connectivity index (χ0v) is 23.6. The van der Waals surface area contributed by atoms with Gasteiger partial charge in [0.1, 0.15) is 11.7 Å². The summed E-state index contributed by atoms with van der Waals surface area (Å²) in [7, 11) is 0. The lowest BCUT2D eigenvalue weighted by Crippen LogP contribution is -2.52. The Labute approximate surface area is 247 Å². The third kappa shape index (κ3) is 4.44. The van der Waals surface area contributed by atoms with Gasteiger partial charge in [-0.05, 0) is 49.2 Å². The summed E-state index contributed by atoms with van der Waals surface area (Å²) in [6.45, 7) is 3.72. The maximum Gasteiger partial charge on any atom is 0.286 e. The van der Waals surface area contributed by atoms with Crippen molar-refractivity contribution in [1.82, 2.24) is 25.7 Å². The van der Waals surface area contributed by atoms with Crippen molar-refractivity contribution < 1.29 is 14.4 Å². The van der Waals surface area contributed by atoms with Gasteiger partial charge in [-0.1, -0.05) is 84.4 Å². The number of hydrogen-bond acceptors (Lipinski definition) is 3. The van der Waals surface area contributed by atoms with E-state index in [2.05, 4.69) is 45.1 Å². The lowest BCUT2D eigenvalue weighted by atomic mass is 9.92. The number of hydrazine groups is 1. The Kier molecular flexibility index (Phi) is 6.31. The van der Waals surface area contributed by atoms with Crippen molar-refractivity contribution in [3.63, 3.8) is 0 Å². The van der Waals surface area contributed by atoms with E-state index in [9.17, 15) is 14.4 Å². The van der Waals surface area contributed by atoms with Crippen molar-refractivity contribution in [2.45, 2.75) is 25.9 Å². The van der Waals surface area contributed by atoms with E-state index in [1.165, 1.54) is 0 Å². The molecule has 1 aliphatic rings. The Morgan fingerprint density at radius 2 is 1.51 bits per heavy atom. The van der Waals surface area contributed by atoms with Crippen LogP contribution in [0, 0.1) is 6.92 Å². The molecule has 4 aromatic carbocycles. The fraction of sp³-hybridized carbons (Fsp3) is 0.114. The van der Waals surface area contributed by atoms with E-state index in [0.717, 1.165) is 49.8 Å². The molecular formula is C35H29N5O3. The van der Waals surface area contributed by atoms with E-state index in [1.807, 2.05) is 73.7 Å². The summed E-state index contributed by atoms with van der Waals surface area (Å²) in [5.74, 6) is -1.24. The zero-order chi connectivity index (χ0) is 29.7. The monoisotopic (exact) mass is 567 g/mol. The Morgan fingerprint density at radius 3 is 2.30 bits per heavy atom. The van der Waals surface area contributed by atoms with Gasteiger partial charge < -0.3 is 14.9 Å². The highest BCUT2D eigenvalue weighted by atomic mass is 16.2. The molecule has 3 heterocycles. The average molecular weight is 568 g/mol. The molecule has 2 unspecified atom stereocenters. The molecule has 6 aromatic rings. The predicted molar refractivity (Wildman–Crippen MR) is 166 cm³/mol. The van der Waals surface area contributed by atoms with Crippen molar-refractivity contribution in [1.29, 1.82) is 0 Å². The number of nitrogens with zero attached hydrogens (tertiary/aromatic N) is 1. The Bertz CT molecular complexity index is 2010. The normalized spacial score (nSPS) is 15.1. The van der Waals surface area contributed by atoms with Gasteiger partial charge in [0, 0.05) is 32.9 Å². The van der Waals surface area contributed by atoms with Crippen LogP contribution in [-0.4, -0.2) is 38.6 Å². The number of aromatic nitrogens is 2. The van der Waals surface area contributed by atoms with Gasteiger partial charge in [-0.3, -0.25) is 25.2 Å². The van der Waals surface area contributed by atoms with Crippen LogP contribution in [0.3, 0.4) is 0 Å². The van der Waals surface area contributed by atoms with Gasteiger partial charge in [0.05, 0.1) is 11.7 Å². The van der Waals surface area contributed by atoms with E-state index >= 15 is 0 Å². The maximum atomic E-state index is 14.0. The minimum Gasteiger partial charge on any atom is -0.354 e. The summed E-state index contributed by atoms with van der Waals surface area (Å²) in [5.41, 5.74) is 12.4. The number of aryl methyl sites for hydroxylation is 1. The molecule has 0 aliphatic carbocycles. The SMILES string of the molecule is Cc1ccc(-c2[nH]c3ccccc3c2C2c3ccccc3C(=O)N2C(C)C(=O)NNC(=O)c2cc3ccccc3[nH]2)cc1. The number of carbonyl (C=O) groups excluding carboxylic acids is 3. The molecule has 3 amide bonds. The topological polar surface area (TPSA) is 110 Å². The molecule has 0 bridgehead atoms. The zero-order valence-electron chi connectivity index (χ0n) is 23.6. The predicted octanol–water partition coefficient (Wildman–Crippen LogP) is 6.02. The third-order valence-electron chi connectivity index (χ3n) is 8.23. The highest BCUT2D eigenvalue weighted by molar-refractivity contribution is 6.05. The quantitative estimate of drug-likeness (QED) is 0.191. The number of benzene rings is 4. The molecule has 8 heteroatoms. The Balaban J connectivity index is 1.25. The van der Waals surface area contributed by atoms with E-state index in [1.54, 1.807) is 24.0 Å². The van der Waals surface area contributed by atoms with Crippen LogP contribution in [0.15, 0.2) is 103 Å². The summed E-state index contributed by atoms with van der Waals surface area (Å²) in [6, 6.07) is 31.5. The van der Waals surface area contributed by atoms with Gasteiger partial charge in [0.15, 0.2) is 0 Å². The van der Waals surface area contributed by atoms with E-state index < -0.39 is 23.9 Å². The summed E-state index contributed by atoms with van der Waals surface area (Å²) in [4.78, 5) is 48.7. The molecule has 212 valence electrons. The van der Waals surface area contributed by atoms with Crippen LogP contribution in [0.25, 0.3) is 33.1 Å². The summed E-state index contributed by atoms with van der Waals surface area (Å²) in [5, 5.41) is 1.86. The minimum absolute atomic E-state index is 0.245. The molecule has 8 nitrogen and oxygen atoms in total. The van der Waals surface area contributed by atoms with Crippen molar-refractivity contribution in [2.24, 2.45) is 0 Å². The fourth-order valence-corrected chi connectivity index (χ4v) is 6.04. The van der Waals surface area contributed by atoms with Crippen molar-refractivity contribution in [2.75, 3.05) is 0 Å². The molecule has 0 fully saturated rings. The molecule has 2 aromatic heterocycles. The number of carbonyl (C=O) groups is 3. The number of amides is 3. The van der Waals surface area contributed by atoms with Crippen LogP contribution < -0.4 is 10.9 Å². The molecule has 1 aliphatic heterocycles. The fourth-order valence-electron chi connectivity index (χ4n) is 6.04. The molecule has 0 saturated heterocycles. The van der Waals surface area contributed by atoms with E-state index in [0.29, 0.717) is 11.3 Å². The lowest BCUT2D eigenvalue weighted by Gasteiger charge is -2.31. The number of para-hydroxylation sites is 2. The van der Waals surface area contributed by atoms with Gasteiger partial charge in [-0.2, -0.15) is 0 Å². The van der Waals surface area contributed by atoms with Crippen molar-refractivity contribution >= 4 is 39.5 Å². The first kappa shape index (κ1) is 26.3. The van der Waals surface area contributed by atoms with Gasteiger partial charge in [-0.25, -0.2) is 0 Å². The number of rotatable bonds is 5. The van der Waals surface area contributed by atoms with Crippen molar-refractivity contribution in [3.8, 4) is 11.3 Å². The molecule has 43 heavy (non-hydrogen) atoms. The molecular weight excluding hydrogens is 538 g/mol. The lowest BCUT2D eigenvalue weighted by molar-refractivity contribution is -0.126. The van der Waals surface area contributed by atoms with Gasteiger partial charge in [0.25, 0.3) is 17.7 Å². The molecule has 0 saturated carbocycles. The standard InChI is InChI=1S/C35H29N5O3/c1-20-15-17-22(18-16-20)31-30(26-12-6-8-14-28(26)37-31)32-24-10-4-5-11-25(24)35(43)40(32)21(2)33(41)38-39-34(42)29-19-23-9-3-7-13-27(23)36-29/h3-19,21,32,36-37H,1-2H3,(H,38,41)(H,39,42). The second-order valence-corrected chi connectivity index (χ2v) is 10.9. The van der Waals surface area contributed by atoms with Gasteiger partial charge in [-0.15, -0.1) is 0 Å². The Morgan fingerprint density at radius 1 is 0.814 bits per heavy atom. The maximum absolute atomic E-state index is 14.0. The molecule has 0 spiro atoms. The average Bonchev–Trinajstić information content (AvgIpc) is 3.71. The van der Waals surface area contributed by atoms with E-state index in [-0.39, 0.29) is 5.91 Å². The van der Waals surface area contributed by atoms with Crippen LogP contribution in [0.4, 0.5) is 0 Å². The number of hydrogen-bond donors (Lipinski definition) is 4. The number of H-pyrrole nitrogens is 2. The van der Waals surface area contributed by atoms with Crippen LogP contribution in [0.2, 0.25) is 0 Å². The molecule has 2 atom stereocenters. The third-order valence-corrected chi connectivity index (χ3v) is 8.23. The molecule has 7 rings (SSSR count). The molecule has 4 N–H and O–H groups in total. The van der Waals surface area contributed by atoms with Crippen LogP contribution in [0.1, 0.15) is 50.5 Å². The van der Waals surface area contributed by atoms with Crippen LogP contribution >= 0.6 is 0 Å². The van der Waals surface area contributed by atoms with Crippen LogP contribution in [-0.2, 0) is 4.79 Å². The number of fused-ring (bicyclic) bond motifs is 3. The van der Waals surface area contributed by atoms with Crippen molar-refractivity contribution in [3.05, 3.63) is 131 Å². The van der Waals surface area contributed by atoms with Crippen LogP contribution in [0.5, 0.6) is 0 Å². The second-order valence-electron chi connectivity index (χ2n) is 10.9. The largest absolute Gasteiger partial charge is 0.354 e. The first-order valence-electron chi connectivity index (χ1n) is 14.2. The highest BCUT2D eigenvalue weighted by Crippen LogP contribution is 2.46. The second kappa shape index (κ2) is 10.3. The first-order valence-corrected chi connectivity index (χ1v) is 14.2. The smallest absolute Gasteiger partial charge is 0.286 e. The van der Waals surface area contributed by atoms with E-state index in [4.69, 9.17) is 0 Å². The number of aromatic amines is 2. The Hall–Kier alpha value is -5.63. The molecule has 0 radical (unpaired) electrons. The summed E-state index contributed by atoms with van der Waals surface area (Å²) >= 11 is 0. The minimum atomic E-state index is -0.910. The summed E-state index contributed by atoms with van der Waals surface area (Å²) in [6.07, 6.45) is 0. The summed E-state index contributed by atoms with van der Waals surface area (Å²) < 4.78 is 0. The van der Waals surface area contributed by atoms with Gasteiger partial charge >= 0.3 is 0 Å².